The molecule has 1 unspecified atom stereocenters. The molecule has 0 aliphatic carbocycles. The van der Waals surface area contributed by atoms with E-state index in [1.807, 2.05) is 29.2 Å². The second kappa shape index (κ2) is 7.34. The molecule has 0 bridgehead atoms. The van der Waals surface area contributed by atoms with Gasteiger partial charge in [0.25, 0.3) is 0 Å². The van der Waals surface area contributed by atoms with Crippen LogP contribution in [0.25, 0.3) is 0 Å². The Kier molecular flexibility index (Phi) is 5.31. The van der Waals surface area contributed by atoms with Crippen LogP contribution in [0.5, 0.6) is 0 Å². The summed E-state index contributed by atoms with van der Waals surface area (Å²) in [4.78, 5) is 12.5. The summed E-state index contributed by atoms with van der Waals surface area (Å²) in [5.74, 6) is 0. The maximum Gasteiger partial charge on any atom is 0.311 e. The Morgan fingerprint density at radius 1 is 1.27 bits per heavy atom. The number of nitrogens with zero attached hydrogens (tertiary/aromatic N) is 2. The van der Waals surface area contributed by atoms with Gasteiger partial charge in [-0.25, -0.2) is 8.42 Å². The summed E-state index contributed by atoms with van der Waals surface area (Å²) in [6.45, 7) is 1.22. The van der Waals surface area contributed by atoms with Crippen LogP contribution in [0.3, 0.4) is 0 Å². The van der Waals surface area contributed by atoms with E-state index in [1.165, 1.54) is 12.1 Å². The number of para-hydroxylation sites is 1. The van der Waals surface area contributed by atoms with Gasteiger partial charge in [-0.15, -0.1) is 0 Å². The van der Waals surface area contributed by atoms with E-state index in [1.54, 1.807) is 6.07 Å². The monoisotopic (exact) mass is 440 g/mol. The minimum absolute atomic E-state index is 0.261. The average molecular weight is 441 g/mol. The Balaban J connectivity index is 2.00. The minimum atomic E-state index is -3.72. The van der Waals surface area contributed by atoms with Gasteiger partial charge in [-0.2, -0.15) is 0 Å². The van der Waals surface area contributed by atoms with Crippen molar-refractivity contribution in [1.29, 1.82) is 0 Å². The molecule has 9 heteroatoms. The van der Waals surface area contributed by atoms with E-state index in [9.17, 15) is 18.5 Å². The number of benzene rings is 2. The van der Waals surface area contributed by atoms with Gasteiger partial charge in [0.15, 0.2) is 9.84 Å². The molecule has 3 rings (SSSR count). The van der Waals surface area contributed by atoms with Crippen molar-refractivity contribution in [2.24, 2.45) is 0 Å². The number of morpholine rings is 1. The van der Waals surface area contributed by atoms with Gasteiger partial charge in [0.05, 0.1) is 11.5 Å². The van der Waals surface area contributed by atoms with E-state index in [0.29, 0.717) is 25.4 Å². The number of rotatable bonds is 4. The highest BCUT2D eigenvalue weighted by Crippen LogP contribution is 2.37. The molecule has 0 spiro atoms. The summed E-state index contributed by atoms with van der Waals surface area (Å²) in [7, 11) is -3.72. The van der Waals surface area contributed by atoms with Gasteiger partial charge in [0, 0.05) is 23.8 Å². The summed E-state index contributed by atoms with van der Waals surface area (Å²) in [5, 5.41) is 11.6. The van der Waals surface area contributed by atoms with Crippen molar-refractivity contribution in [3.05, 3.63) is 62.6 Å². The highest BCUT2D eigenvalue weighted by atomic mass is 79.9. The van der Waals surface area contributed by atoms with Gasteiger partial charge in [0.1, 0.15) is 16.7 Å². The molecule has 138 valence electrons. The van der Waals surface area contributed by atoms with Crippen molar-refractivity contribution in [2.45, 2.75) is 11.0 Å². The molecular formula is C17H17BrN2O5S. The molecule has 1 saturated heterocycles. The predicted octanol–water partition coefficient (Wildman–Crippen LogP) is 3.34. The SMILES string of the molecule is CS(=O)(=O)c1cccc(N2CCOC(c3cccc(Br)c3)C2)c1[N+](=O)[O-]. The van der Waals surface area contributed by atoms with Crippen molar-refractivity contribution in [3.63, 3.8) is 0 Å². The zero-order valence-electron chi connectivity index (χ0n) is 14.0. The highest BCUT2D eigenvalue weighted by molar-refractivity contribution is 9.10. The predicted molar refractivity (Wildman–Crippen MR) is 101 cm³/mol. The summed E-state index contributed by atoms with van der Waals surface area (Å²) >= 11 is 3.43. The van der Waals surface area contributed by atoms with Crippen molar-refractivity contribution < 1.29 is 18.1 Å². The van der Waals surface area contributed by atoms with E-state index >= 15 is 0 Å². The first kappa shape index (κ1) is 18.8. The number of anilines is 1. The molecule has 0 amide bonds. The largest absolute Gasteiger partial charge is 0.370 e. The molecule has 0 radical (unpaired) electrons. The van der Waals surface area contributed by atoms with Gasteiger partial charge in [-0.3, -0.25) is 10.1 Å². The quantitative estimate of drug-likeness (QED) is 0.534. The summed E-state index contributed by atoms with van der Waals surface area (Å²) in [6.07, 6.45) is 0.714. The molecule has 1 heterocycles. The Hall–Kier alpha value is -1.97. The molecule has 1 atom stereocenters. The first-order valence-electron chi connectivity index (χ1n) is 7.87. The van der Waals surface area contributed by atoms with Gasteiger partial charge in [-0.1, -0.05) is 34.1 Å². The fraction of sp³-hybridized carbons (Fsp3) is 0.294. The third-order valence-corrected chi connectivity index (χ3v) is 5.81. The van der Waals surface area contributed by atoms with E-state index in [-0.39, 0.29) is 16.7 Å². The van der Waals surface area contributed by atoms with Crippen LogP contribution in [0.2, 0.25) is 0 Å². The second-order valence-electron chi connectivity index (χ2n) is 6.01. The fourth-order valence-corrected chi connectivity index (χ4v) is 4.30. The van der Waals surface area contributed by atoms with E-state index in [4.69, 9.17) is 4.74 Å². The Labute approximate surface area is 159 Å². The average Bonchev–Trinajstić information content (AvgIpc) is 2.60. The molecule has 1 aliphatic heterocycles. The van der Waals surface area contributed by atoms with Crippen LogP contribution in [0.4, 0.5) is 11.4 Å². The Bertz CT molecular complexity index is 948. The minimum Gasteiger partial charge on any atom is -0.370 e. The lowest BCUT2D eigenvalue weighted by Crippen LogP contribution is -2.38. The lowest BCUT2D eigenvalue weighted by atomic mass is 10.1. The van der Waals surface area contributed by atoms with Gasteiger partial charge >= 0.3 is 5.69 Å². The smallest absolute Gasteiger partial charge is 0.311 e. The zero-order chi connectivity index (χ0) is 18.9. The number of nitro groups is 1. The first-order valence-corrected chi connectivity index (χ1v) is 10.6. The van der Waals surface area contributed by atoms with Crippen molar-refractivity contribution in [2.75, 3.05) is 30.9 Å². The third kappa shape index (κ3) is 3.89. The van der Waals surface area contributed by atoms with Crippen LogP contribution in [0.1, 0.15) is 11.7 Å². The number of hydrogen-bond acceptors (Lipinski definition) is 6. The van der Waals surface area contributed by atoms with Crippen LogP contribution in [-0.4, -0.2) is 39.3 Å². The molecule has 2 aromatic carbocycles. The molecule has 2 aromatic rings. The van der Waals surface area contributed by atoms with E-state index in [0.717, 1.165) is 16.3 Å². The molecule has 0 aromatic heterocycles. The summed E-state index contributed by atoms with van der Waals surface area (Å²) < 4.78 is 30.7. The van der Waals surface area contributed by atoms with E-state index < -0.39 is 14.8 Å². The van der Waals surface area contributed by atoms with Crippen LogP contribution in [0, 0.1) is 10.1 Å². The number of nitro benzene ring substituents is 1. The Morgan fingerprint density at radius 2 is 2.00 bits per heavy atom. The summed E-state index contributed by atoms with van der Waals surface area (Å²) in [5.41, 5.74) is 0.858. The number of halogens is 1. The number of sulfone groups is 1. The fourth-order valence-electron chi connectivity index (χ4n) is 3.03. The van der Waals surface area contributed by atoms with Crippen LogP contribution in [-0.2, 0) is 14.6 Å². The van der Waals surface area contributed by atoms with Crippen LogP contribution < -0.4 is 4.90 Å². The molecule has 0 N–H and O–H groups in total. The topological polar surface area (TPSA) is 89.8 Å². The van der Waals surface area contributed by atoms with Crippen molar-refractivity contribution >= 4 is 37.1 Å². The third-order valence-electron chi connectivity index (χ3n) is 4.19. The number of ether oxygens (including phenoxy) is 1. The normalized spacial score (nSPS) is 17.9. The van der Waals surface area contributed by atoms with Gasteiger partial charge in [0.2, 0.25) is 0 Å². The van der Waals surface area contributed by atoms with Crippen molar-refractivity contribution in [3.8, 4) is 0 Å². The standard InChI is InChI=1S/C17H17BrN2O5S/c1-26(23,24)16-7-3-6-14(17(16)20(21)22)19-8-9-25-15(11-19)12-4-2-5-13(18)10-12/h2-7,10,15H,8-9,11H2,1H3. The maximum absolute atomic E-state index is 12.0. The van der Waals surface area contributed by atoms with Crippen LogP contribution >= 0.6 is 15.9 Å². The second-order valence-corrected chi connectivity index (χ2v) is 8.91. The van der Waals surface area contributed by atoms with Crippen LogP contribution in [0.15, 0.2) is 51.8 Å². The molecular weight excluding hydrogens is 424 g/mol. The number of hydrogen-bond donors (Lipinski definition) is 0. The first-order chi connectivity index (χ1) is 12.3. The maximum atomic E-state index is 12.0. The summed E-state index contributed by atoms with van der Waals surface area (Å²) in [6, 6.07) is 12.1. The molecule has 1 fully saturated rings. The lowest BCUT2D eigenvalue weighted by molar-refractivity contribution is -0.387. The highest BCUT2D eigenvalue weighted by Gasteiger charge is 2.31. The molecule has 0 saturated carbocycles. The molecule has 26 heavy (non-hydrogen) atoms. The zero-order valence-corrected chi connectivity index (χ0v) is 16.4. The lowest BCUT2D eigenvalue weighted by Gasteiger charge is -2.34. The van der Waals surface area contributed by atoms with E-state index in [2.05, 4.69) is 15.9 Å². The Morgan fingerprint density at radius 3 is 2.65 bits per heavy atom. The van der Waals surface area contributed by atoms with Gasteiger partial charge in [-0.05, 0) is 29.8 Å². The van der Waals surface area contributed by atoms with Crippen molar-refractivity contribution in [1.82, 2.24) is 0 Å². The molecule has 7 nitrogen and oxygen atoms in total. The van der Waals surface area contributed by atoms with Gasteiger partial charge < -0.3 is 9.64 Å². The molecule has 1 aliphatic rings.